The van der Waals surface area contributed by atoms with Gasteiger partial charge in [0.15, 0.2) is 11.6 Å². The molecule has 0 saturated heterocycles. The van der Waals surface area contributed by atoms with E-state index in [1.54, 1.807) is 0 Å². The average molecular weight is 397 g/mol. The van der Waals surface area contributed by atoms with E-state index in [4.69, 9.17) is 4.74 Å². The first-order chi connectivity index (χ1) is 12.7. The van der Waals surface area contributed by atoms with Gasteiger partial charge < -0.3 is 14.2 Å². The standard InChI is InChI=1S/C17H16FNO7S/c1-24-15-7-5-11(9-13(15)18)27(22,23)19-14-8-10(16(20)25-2)4-6-12(14)17(21)26-3/h4-9,19H,1-3H3. The van der Waals surface area contributed by atoms with Crippen molar-refractivity contribution in [1.29, 1.82) is 0 Å². The zero-order valence-electron chi connectivity index (χ0n) is 14.6. The van der Waals surface area contributed by atoms with Crippen LogP contribution >= 0.6 is 0 Å². The first-order valence-electron chi connectivity index (χ1n) is 7.40. The molecule has 0 saturated carbocycles. The molecule has 0 aromatic heterocycles. The number of hydrogen-bond acceptors (Lipinski definition) is 7. The Labute approximate surface area is 154 Å². The molecule has 1 N–H and O–H groups in total. The Balaban J connectivity index is 2.51. The lowest BCUT2D eigenvalue weighted by Crippen LogP contribution is -2.17. The Morgan fingerprint density at radius 1 is 0.963 bits per heavy atom. The number of halogens is 1. The SMILES string of the molecule is COC(=O)c1ccc(C(=O)OC)c(NS(=O)(=O)c2ccc(OC)c(F)c2)c1. The predicted octanol–water partition coefficient (Wildman–Crippen LogP) is 2.21. The fraction of sp³-hybridized carbons (Fsp3) is 0.176. The van der Waals surface area contributed by atoms with Gasteiger partial charge in [-0.3, -0.25) is 4.72 Å². The molecule has 8 nitrogen and oxygen atoms in total. The summed E-state index contributed by atoms with van der Waals surface area (Å²) >= 11 is 0. The predicted molar refractivity (Wildman–Crippen MR) is 92.9 cm³/mol. The van der Waals surface area contributed by atoms with E-state index in [1.165, 1.54) is 19.2 Å². The van der Waals surface area contributed by atoms with Crippen LogP contribution in [0.2, 0.25) is 0 Å². The van der Waals surface area contributed by atoms with Crippen LogP contribution in [0.25, 0.3) is 0 Å². The van der Waals surface area contributed by atoms with Crippen molar-refractivity contribution in [2.24, 2.45) is 0 Å². The lowest BCUT2D eigenvalue weighted by Gasteiger charge is -2.13. The van der Waals surface area contributed by atoms with Crippen LogP contribution in [0.15, 0.2) is 41.3 Å². The second-order valence-corrected chi connectivity index (χ2v) is 6.83. The summed E-state index contributed by atoms with van der Waals surface area (Å²) in [6.07, 6.45) is 0. The minimum absolute atomic E-state index is 0.00349. The van der Waals surface area contributed by atoms with E-state index >= 15 is 0 Å². The molecular formula is C17H16FNO7S. The smallest absolute Gasteiger partial charge is 0.339 e. The zero-order valence-corrected chi connectivity index (χ0v) is 15.4. The van der Waals surface area contributed by atoms with Crippen LogP contribution in [0.5, 0.6) is 5.75 Å². The summed E-state index contributed by atoms with van der Waals surface area (Å²) in [6.45, 7) is 0. The quantitative estimate of drug-likeness (QED) is 0.745. The summed E-state index contributed by atoms with van der Waals surface area (Å²) in [5, 5.41) is 0. The highest BCUT2D eigenvalue weighted by Crippen LogP contribution is 2.25. The van der Waals surface area contributed by atoms with Gasteiger partial charge in [0.2, 0.25) is 0 Å². The zero-order chi connectivity index (χ0) is 20.2. The lowest BCUT2D eigenvalue weighted by atomic mass is 10.1. The van der Waals surface area contributed by atoms with Crippen molar-refractivity contribution in [3.63, 3.8) is 0 Å². The second-order valence-electron chi connectivity index (χ2n) is 5.15. The molecule has 0 spiro atoms. The van der Waals surface area contributed by atoms with Gasteiger partial charge in [-0.2, -0.15) is 0 Å². The van der Waals surface area contributed by atoms with Gasteiger partial charge in [-0.1, -0.05) is 0 Å². The third-order valence-corrected chi connectivity index (χ3v) is 4.89. The van der Waals surface area contributed by atoms with Crippen LogP contribution in [0.3, 0.4) is 0 Å². The number of benzene rings is 2. The Hall–Kier alpha value is -3.14. The van der Waals surface area contributed by atoms with Gasteiger partial charge >= 0.3 is 11.9 Å². The highest BCUT2D eigenvalue weighted by molar-refractivity contribution is 7.92. The van der Waals surface area contributed by atoms with E-state index in [0.29, 0.717) is 0 Å². The summed E-state index contributed by atoms with van der Waals surface area (Å²) in [6, 6.07) is 6.66. The minimum Gasteiger partial charge on any atom is -0.494 e. The number of rotatable bonds is 6. The molecule has 0 aliphatic rings. The number of nitrogens with one attached hydrogen (secondary N) is 1. The lowest BCUT2D eigenvalue weighted by molar-refractivity contribution is 0.0587. The Morgan fingerprint density at radius 2 is 1.63 bits per heavy atom. The fourth-order valence-corrected chi connectivity index (χ4v) is 3.26. The van der Waals surface area contributed by atoms with Crippen molar-refractivity contribution in [3.05, 3.63) is 53.3 Å². The minimum atomic E-state index is -4.28. The molecule has 0 heterocycles. The molecule has 0 bridgehead atoms. The van der Waals surface area contributed by atoms with E-state index in [0.717, 1.165) is 38.5 Å². The normalized spacial score (nSPS) is 10.8. The number of esters is 2. The Kier molecular flexibility index (Phi) is 6.01. The van der Waals surface area contributed by atoms with Crippen LogP contribution in [0.1, 0.15) is 20.7 Å². The van der Waals surface area contributed by atoms with E-state index in [-0.39, 0.29) is 22.6 Å². The number of ether oxygens (including phenoxy) is 3. The van der Waals surface area contributed by atoms with Crippen LogP contribution < -0.4 is 9.46 Å². The van der Waals surface area contributed by atoms with E-state index in [9.17, 15) is 22.4 Å². The van der Waals surface area contributed by atoms with Gasteiger partial charge in [0, 0.05) is 0 Å². The Bertz CT molecular complexity index is 989. The average Bonchev–Trinajstić information content (AvgIpc) is 2.66. The van der Waals surface area contributed by atoms with Gasteiger partial charge in [-0.15, -0.1) is 0 Å². The number of carbonyl (C=O) groups is 2. The van der Waals surface area contributed by atoms with Gasteiger partial charge in [0.1, 0.15) is 0 Å². The number of methoxy groups -OCH3 is 3. The van der Waals surface area contributed by atoms with E-state index < -0.39 is 32.7 Å². The van der Waals surface area contributed by atoms with Crippen LogP contribution in [0.4, 0.5) is 10.1 Å². The van der Waals surface area contributed by atoms with Crippen LogP contribution in [-0.4, -0.2) is 41.7 Å². The summed E-state index contributed by atoms with van der Waals surface area (Å²) in [5.41, 5.74) is -0.354. The molecule has 27 heavy (non-hydrogen) atoms. The highest BCUT2D eigenvalue weighted by atomic mass is 32.2. The molecule has 0 amide bonds. The molecule has 0 atom stereocenters. The second kappa shape index (κ2) is 8.04. The summed E-state index contributed by atoms with van der Waals surface area (Å²) in [4.78, 5) is 23.2. The van der Waals surface area contributed by atoms with Crippen LogP contribution in [0, 0.1) is 5.82 Å². The van der Waals surface area contributed by atoms with Crippen molar-refractivity contribution in [2.75, 3.05) is 26.1 Å². The van der Waals surface area contributed by atoms with Crippen LogP contribution in [-0.2, 0) is 19.5 Å². The third kappa shape index (κ3) is 4.34. The van der Waals surface area contributed by atoms with Gasteiger partial charge in [0.05, 0.1) is 43.0 Å². The van der Waals surface area contributed by atoms with Gasteiger partial charge in [-0.25, -0.2) is 22.4 Å². The molecule has 10 heteroatoms. The first kappa shape index (κ1) is 20.2. The molecule has 0 unspecified atom stereocenters. The number of sulfonamides is 1. The molecule has 144 valence electrons. The maximum Gasteiger partial charge on any atom is 0.339 e. The largest absolute Gasteiger partial charge is 0.494 e. The van der Waals surface area contributed by atoms with Crippen molar-refractivity contribution < 1.29 is 36.6 Å². The topological polar surface area (TPSA) is 108 Å². The molecule has 2 aromatic rings. The van der Waals surface area contributed by atoms with Crippen molar-refractivity contribution in [3.8, 4) is 5.75 Å². The van der Waals surface area contributed by atoms with Crippen molar-refractivity contribution in [1.82, 2.24) is 0 Å². The van der Waals surface area contributed by atoms with Crippen molar-refractivity contribution >= 4 is 27.6 Å². The maximum atomic E-state index is 13.8. The van der Waals surface area contributed by atoms with Gasteiger partial charge in [-0.05, 0) is 36.4 Å². The Morgan fingerprint density at radius 3 is 2.19 bits per heavy atom. The van der Waals surface area contributed by atoms with Gasteiger partial charge in [0.25, 0.3) is 10.0 Å². The molecular weight excluding hydrogens is 381 g/mol. The van der Waals surface area contributed by atoms with E-state index in [2.05, 4.69) is 14.2 Å². The summed E-state index contributed by atoms with van der Waals surface area (Å²) in [5.74, 6) is -2.57. The fourth-order valence-electron chi connectivity index (χ4n) is 2.18. The first-order valence-corrected chi connectivity index (χ1v) is 8.89. The molecule has 2 aromatic carbocycles. The number of carbonyl (C=O) groups excluding carboxylic acids is 2. The maximum absolute atomic E-state index is 13.8. The monoisotopic (exact) mass is 397 g/mol. The number of hydrogen-bond donors (Lipinski definition) is 1. The summed E-state index contributed by atoms with van der Waals surface area (Å²) in [7, 11) is -0.766. The highest BCUT2D eigenvalue weighted by Gasteiger charge is 2.22. The van der Waals surface area contributed by atoms with Crippen molar-refractivity contribution in [2.45, 2.75) is 4.90 Å². The third-order valence-electron chi connectivity index (χ3n) is 3.52. The number of anilines is 1. The molecule has 0 aliphatic carbocycles. The van der Waals surface area contributed by atoms with E-state index in [1.807, 2.05) is 0 Å². The summed E-state index contributed by atoms with van der Waals surface area (Å²) < 4.78 is 55.1. The molecule has 0 radical (unpaired) electrons. The molecule has 0 aliphatic heterocycles. The molecule has 2 rings (SSSR count). The molecule has 0 fully saturated rings.